The summed E-state index contributed by atoms with van der Waals surface area (Å²) in [5, 5.41) is 2.92. The molecule has 1 unspecified atom stereocenters. The lowest BCUT2D eigenvalue weighted by atomic mass is 10.1. The number of hydrogen-bond acceptors (Lipinski definition) is 3. The largest absolute Gasteiger partial charge is 0.484 e. The van der Waals surface area contributed by atoms with E-state index in [1.54, 1.807) is 6.26 Å². The topological polar surface area (TPSA) is 51.5 Å². The lowest BCUT2D eigenvalue weighted by Crippen LogP contribution is -2.36. The van der Waals surface area contributed by atoms with Crippen molar-refractivity contribution in [2.75, 3.05) is 6.61 Å². The zero-order valence-electron chi connectivity index (χ0n) is 11.8. The molecule has 0 bridgehead atoms. The van der Waals surface area contributed by atoms with Crippen molar-refractivity contribution >= 4 is 28.5 Å². The molecule has 2 aromatic rings. The average molecular weight is 399 g/mol. The molecular weight excluding hydrogens is 381 g/mol. The molecule has 5 heteroatoms. The van der Waals surface area contributed by atoms with Gasteiger partial charge in [0.05, 0.1) is 6.26 Å². The fourth-order valence-corrected chi connectivity index (χ4v) is 2.24. The van der Waals surface area contributed by atoms with Gasteiger partial charge in [0.1, 0.15) is 11.5 Å². The highest BCUT2D eigenvalue weighted by Crippen LogP contribution is 2.13. The van der Waals surface area contributed by atoms with E-state index in [0.29, 0.717) is 5.75 Å². The molecule has 21 heavy (non-hydrogen) atoms. The van der Waals surface area contributed by atoms with E-state index < -0.39 is 0 Å². The number of ether oxygens (including phenoxy) is 1. The second-order valence-corrected chi connectivity index (χ2v) is 6.07. The normalized spacial score (nSPS) is 11.9. The third kappa shape index (κ3) is 5.79. The maximum atomic E-state index is 11.8. The molecule has 0 aliphatic carbocycles. The van der Waals surface area contributed by atoms with Gasteiger partial charge in [-0.1, -0.05) is 0 Å². The minimum atomic E-state index is -0.111. The Morgan fingerprint density at radius 2 is 2.10 bits per heavy atom. The van der Waals surface area contributed by atoms with Crippen LogP contribution in [-0.4, -0.2) is 18.6 Å². The molecular formula is C16H18INO3. The van der Waals surface area contributed by atoms with Crippen molar-refractivity contribution in [2.24, 2.45) is 0 Å². The van der Waals surface area contributed by atoms with Crippen molar-refractivity contribution < 1.29 is 13.9 Å². The first kappa shape index (κ1) is 15.9. The summed E-state index contributed by atoms with van der Waals surface area (Å²) in [6.07, 6.45) is 3.31. The summed E-state index contributed by atoms with van der Waals surface area (Å²) in [7, 11) is 0. The number of carbonyl (C=O) groups is 1. The molecule has 1 amide bonds. The third-order valence-electron chi connectivity index (χ3n) is 2.99. The first-order valence-electron chi connectivity index (χ1n) is 6.83. The van der Waals surface area contributed by atoms with Crippen molar-refractivity contribution in [2.45, 2.75) is 25.8 Å². The quantitative estimate of drug-likeness (QED) is 0.727. The van der Waals surface area contributed by atoms with Gasteiger partial charge in [0.25, 0.3) is 5.91 Å². The van der Waals surface area contributed by atoms with Gasteiger partial charge < -0.3 is 14.5 Å². The van der Waals surface area contributed by atoms with E-state index in [4.69, 9.17) is 9.15 Å². The van der Waals surface area contributed by atoms with Gasteiger partial charge in [-0.05, 0) is 72.3 Å². The molecule has 0 fully saturated rings. The van der Waals surface area contributed by atoms with Gasteiger partial charge in [0.15, 0.2) is 6.61 Å². The lowest BCUT2D eigenvalue weighted by molar-refractivity contribution is -0.123. The van der Waals surface area contributed by atoms with Gasteiger partial charge in [-0.3, -0.25) is 4.79 Å². The van der Waals surface area contributed by atoms with Gasteiger partial charge in [-0.15, -0.1) is 0 Å². The van der Waals surface area contributed by atoms with Gasteiger partial charge >= 0.3 is 0 Å². The first-order chi connectivity index (χ1) is 10.1. The number of hydrogen-bond donors (Lipinski definition) is 1. The predicted octanol–water partition coefficient (Wildman–Crippen LogP) is 3.40. The molecule has 0 spiro atoms. The van der Waals surface area contributed by atoms with E-state index >= 15 is 0 Å². The summed E-state index contributed by atoms with van der Waals surface area (Å²) in [4.78, 5) is 11.8. The highest BCUT2D eigenvalue weighted by molar-refractivity contribution is 14.1. The highest BCUT2D eigenvalue weighted by atomic mass is 127. The summed E-state index contributed by atoms with van der Waals surface area (Å²) in [5.74, 6) is 1.53. The van der Waals surface area contributed by atoms with Crippen LogP contribution in [0.4, 0.5) is 0 Å². The molecule has 112 valence electrons. The third-order valence-corrected chi connectivity index (χ3v) is 3.71. The number of nitrogens with one attached hydrogen (secondary N) is 1. The van der Waals surface area contributed by atoms with Crippen LogP contribution in [0.2, 0.25) is 0 Å². The van der Waals surface area contributed by atoms with Crippen LogP contribution in [0, 0.1) is 3.57 Å². The van der Waals surface area contributed by atoms with Crippen molar-refractivity contribution in [1.82, 2.24) is 5.32 Å². The molecule has 2 rings (SSSR count). The zero-order chi connectivity index (χ0) is 15.1. The molecule has 1 aromatic carbocycles. The molecule has 1 aromatic heterocycles. The summed E-state index contributed by atoms with van der Waals surface area (Å²) in [5.41, 5.74) is 0. The number of halogens is 1. The molecule has 1 atom stereocenters. The molecule has 1 N–H and O–H groups in total. The molecule has 0 saturated carbocycles. The average Bonchev–Trinajstić information content (AvgIpc) is 2.98. The molecule has 0 aliphatic rings. The van der Waals surface area contributed by atoms with Crippen LogP contribution in [0.5, 0.6) is 5.75 Å². The first-order valence-corrected chi connectivity index (χ1v) is 7.91. The number of carbonyl (C=O) groups excluding carboxylic acids is 1. The number of aryl methyl sites for hydroxylation is 1. The van der Waals surface area contributed by atoms with Crippen LogP contribution in [0.25, 0.3) is 0 Å². The van der Waals surface area contributed by atoms with Crippen LogP contribution in [0.1, 0.15) is 19.1 Å². The number of amides is 1. The molecule has 0 radical (unpaired) electrons. The Bertz CT molecular complexity index is 551. The Kier molecular flexibility index (Phi) is 6.10. The van der Waals surface area contributed by atoms with Crippen molar-refractivity contribution in [3.63, 3.8) is 0 Å². The standard InChI is InChI=1S/C16H18INO3/c1-12(4-7-14-3-2-10-20-14)18-16(19)11-21-15-8-5-13(17)6-9-15/h2-3,5-6,8-10,12H,4,7,11H2,1H3,(H,18,19). The van der Waals surface area contributed by atoms with Crippen LogP contribution < -0.4 is 10.1 Å². The number of furan rings is 1. The second-order valence-electron chi connectivity index (χ2n) is 4.83. The smallest absolute Gasteiger partial charge is 0.258 e. The molecule has 4 nitrogen and oxygen atoms in total. The van der Waals surface area contributed by atoms with Crippen LogP contribution in [0.3, 0.4) is 0 Å². The zero-order valence-corrected chi connectivity index (χ0v) is 14.0. The summed E-state index contributed by atoms with van der Waals surface area (Å²) in [6, 6.07) is 11.5. The van der Waals surface area contributed by atoms with Gasteiger partial charge in [-0.25, -0.2) is 0 Å². The Balaban J connectivity index is 1.67. The van der Waals surface area contributed by atoms with E-state index in [0.717, 1.165) is 22.2 Å². The Labute approximate surface area is 138 Å². The van der Waals surface area contributed by atoms with Crippen molar-refractivity contribution in [3.8, 4) is 5.75 Å². The summed E-state index contributed by atoms with van der Waals surface area (Å²) >= 11 is 2.23. The fourth-order valence-electron chi connectivity index (χ4n) is 1.88. The van der Waals surface area contributed by atoms with E-state index in [-0.39, 0.29) is 18.6 Å². The fraction of sp³-hybridized carbons (Fsp3) is 0.312. The molecule has 1 heterocycles. The number of rotatable bonds is 7. The van der Waals surface area contributed by atoms with Gasteiger partial charge in [0.2, 0.25) is 0 Å². The van der Waals surface area contributed by atoms with E-state index in [1.807, 2.05) is 43.3 Å². The highest BCUT2D eigenvalue weighted by Gasteiger charge is 2.09. The van der Waals surface area contributed by atoms with E-state index in [1.165, 1.54) is 0 Å². The minimum Gasteiger partial charge on any atom is -0.484 e. The monoisotopic (exact) mass is 399 g/mol. The van der Waals surface area contributed by atoms with Crippen molar-refractivity contribution in [3.05, 3.63) is 52.0 Å². The molecule has 0 saturated heterocycles. The maximum absolute atomic E-state index is 11.8. The minimum absolute atomic E-state index is 0.0334. The summed E-state index contributed by atoms with van der Waals surface area (Å²) < 4.78 is 11.8. The Morgan fingerprint density at radius 1 is 1.33 bits per heavy atom. The predicted molar refractivity (Wildman–Crippen MR) is 89.3 cm³/mol. The van der Waals surface area contributed by atoms with Crippen LogP contribution in [0.15, 0.2) is 47.1 Å². The van der Waals surface area contributed by atoms with Crippen LogP contribution in [-0.2, 0) is 11.2 Å². The second kappa shape index (κ2) is 8.07. The lowest BCUT2D eigenvalue weighted by Gasteiger charge is -2.13. The summed E-state index contributed by atoms with van der Waals surface area (Å²) in [6.45, 7) is 2.01. The van der Waals surface area contributed by atoms with E-state index in [9.17, 15) is 4.79 Å². The van der Waals surface area contributed by atoms with Crippen LogP contribution >= 0.6 is 22.6 Å². The SMILES string of the molecule is CC(CCc1ccco1)NC(=O)COc1ccc(I)cc1. The van der Waals surface area contributed by atoms with E-state index in [2.05, 4.69) is 27.9 Å². The number of benzene rings is 1. The molecule has 0 aliphatic heterocycles. The Morgan fingerprint density at radius 3 is 2.76 bits per heavy atom. The maximum Gasteiger partial charge on any atom is 0.258 e. The Hall–Kier alpha value is -1.50. The van der Waals surface area contributed by atoms with Gasteiger partial charge in [0, 0.05) is 16.0 Å². The van der Waals surface area contributed by atoms with Crippen molar-refractivity contribution in [1.29, 1.82) is 0 Å². The van der Waals surface area contributed by atoms with Gasteiger partial charge in [-0.2, -0.15) is 0 Å².